The molecule has 2 aromatic heterocycles. The quantitative estimate of drug-likeness (QED) is 0.727. The summed E-state index contributed by atoms with van der Waals surface area (Å²) in [6, 6.07) is 10.8. The lowest BCUT2D eigenvalue weighted by atomic mass is 10.2. The summed E-state index contributed by atoms with van der Waals surface area (Å²) in [7, 11) is 1.30. The number of nitrogens with zero attached hydrogens (tertiary/aromatic N) is 3. The first-order valence-corrected chi connectivity index (χ1v) is 7.41. The SMILES string of the molecule is COC(=O)c1ccnc(NC(=O)CCn2cnc3ccccc32)c1. The average molecular weight is 324 g/mol. The van der Waals surface area contributed by atoms with Gasteiger partial charge in [-0.2, -0.15) is 0 Å². The number of carbonyl (C=O) groups excluding carboxylic acids is 2. The van der Waals surface area contributed by atoms with E-state index in [-0.39, 0.29) is 12.3 Å². The smallest absolute Gasteiger partial charge is 0.338 e. The van der Waals surface area contributed by atoms with Crippen molar-refractivity contribution in [2.24, 2.45) is 0 Å². The maximum absolute atomic E-state index is 12.1. The molecule has 0 radical (unpaired) electrons. The molecule has 0 saturated carbocycles. The van der Waals surface area contributed by atoms with Crippen LogP contribution in [-0.4, -0.2) is 33.5 Å². The maximum Gasteiger partial charge on any atom is 0.338 e. The molecule has 24 heavy (non-hydrogen) atoms. The molecule has 3 rings (SSSR count). The van der Waals surface area contributed by atoms with Crippen molar-refractivity contribution in [1.29, 1.82) is 0 Å². The molecular formula is C17H16N4O3. The number of anilines is 1. The van der Waals surface area contributed by atoms with Crippen LogP contribution in [0.1, 0.15) is 16.8 Å². The van der Waals surface area contributed by atoms with Crippen molar-refractivity contribution < 1.29 is 14.3 Å². The Bertz CT molecular complexity index is 888. The molecule has 0 spiro atoms. The number of fused-ring (bicyclic) bond motifs is 1. The Labute approximate surface area is 138 Å². The molecule has 1 N–H and O–H groups in total. The summed E-state index contributed by atoms with van der Waals surface area (Å²) < 4.78 is 6.57. The highest BCUT2D eigenvalue weighted by molar-refractivity contribution is 5.93. The first-order chi connectivity index (χ1) is 11.7. The van der Waals surface area contributed by atoms with E-state index in [1.807, 2.05) is 28.8 Å². The number of para-hydroxylation sites is 2. The number of carbonyl (C=O) groups is 2. The van der Waals surface area contributed by atoms with Gasteiger partial charge in [0.1, 0.15) is 5.82 Å². The number of methoxy groups -OCH3 is 1. The number of esters is 1. The van der Waals surface area contributed by atoms with Crippen molar-refractivity contribution in [3.05, 3.63) is 54.5 Å². The third kappa shape index (κ3) is 3.40. The molecule has 0 fully saturated rings. The number of amides is 1. The minimum atomic E-state index is -0.474. The number of hydrogen-bond donors (Lipinski definition) is 1. The van der Waals surface area contributed by atoms with E-state index in [1.54, 1.807) is 6.33 Å². The molecule has 1 aromatic carbocycles. The van der Waals surface area contributed by atoms with Crippen LogP contribution in [0.5, 0.6) is 0 Å². The van der Waals surface area contributed by atoms with E-state index < -0.39 is 5.97 Å². The van der Waals surface area contributed by atoms with Gasteiger partial charge in [0.05, 0.1) is 30.0 Å². The van der Waals surface area contributed by atoms with Crippen molar-refractivity contribution in [2.75, 3.05) is 12.4 Å². The lowest BCUT2D eigenvalue weighted by Gasteiger charge is -2.07. The molecule has 0 bridgehead atoms. The Morgan fingerprint density at radius 1 is 1.21 bits per heavy atom. The van der Waals surface area contributed by atoms with Gasteiger partial charge in [0.2, 0.25) is 5.91 Å². The van der Waals surface area contributed by atoms with Gasteiger partial charge in [-0.15, -0.1) is 0 Å². The topological polar surface area (TPSA) is 86.1 Å². The number of rotatable bonds is 5. The van der Waals surface area contributed by atoms with Gasteiger partial charge in [0, 0.05) is 19.2 Å². The van der Waals surface area contributed by atoms with Crippen LogP contribution in [0.3, 0.4) is 0 Å². The largest absolute Gasteiger partial charge is 0.465 e. The zero-order valence-electron chi connectivity index (χ0n) is 13.1. The Kier molecular flexibility index (Phi) is 4.51. The van der Waals surface area contributed by atoms with E-state index in [0.29, 0.717) is 17.9 Å². The lowest BCUT2D eigenvalue weighted by Crippen LogP contribution is -2.15. The molecular weight excluding hydrogens is 308 g/mol. The Hall–Kier alpha value is -3.22. The lowest BCUT2D eigenvalue weighted by molar-refractivity contribution is -0.116. The van der Waals surface area contributed by atoms with Crippen molar-refractivity contribution >= 4 is 28.7 Å². The van der Waals surface area contributed by atoms with E-state index >= 15 is 0 Å². The van der Waals surface area contributed by atoms with Gasteiger partial charge in [-0.25, -0.2) is 14.8 Å². The number of nitrogens with one attached hydrogen (secondary N) is 1. The van der Waals surface area contributed by atoms with Gasteiger partial charge in [-0.1, -0.05) is 12.1 Å². The van der Waals surface area contributed by atoms with Crippen LogP contribution < -0.4 is 5.32 Å². The number of pyridine rings is 1. The minimum Gasteiger partial charge on any atom is -0.465 e. The molecule has 3 aromatic rings. The first kappa shape index (κ1) is 15.7. The molecule has 0 atom stereocenters. The van der Waals surface area contributed by atoms with Crippen molar-refractivity contribution in [2.45, 2.75) is 13.0 Å². The van der Waals surface area contributed by atoms with Gasteiger partial charge < -0.3 is 14.6 Å². The van der Waals surface area contributed by atoms with E-state index in [0.717, 1.165) is 11.0 Å². The Morgan fingerprint density at radius 3 is 2.88 bits per heavy atom. The maximum atomic E-state index is 12.1. The highest BCUT2D eigenvalue weighted by Crippen LogP contribution is 2.13. The molecule has 7 nitrogen and oxygen atoms in total. The fourth-order valence-corrected chi connectivity index (χ4v) is 2.36. The van der Waals surface area contributed by atoms with Crippen LogP contribution in [0, 0.1) is 0 Å². The standard InChI is InChI=1S/C17H16N4O3/c1-24-17(23)12-6-8-18-15(10-12)20-16(22)7-9-21-11-19-13-4-2-3-5-14(13)21/h2-6,8,10-11H,7,9H2,1H3,(H,18,20,22). The number of imidazole rings is 1. The van der Waals surface area contributed by atoms with Gasteiger partial charge in [0.25, 0.3) is 0 Å². The molecule has 1 amide bonds. The minimum absolute atomic E-state index is 0.192. The summed E-state index contributed by atoms with van der Waals surface area (Å²) in [5.41, 5.74) is 2.21. The molecule has 0 aliphatic rings. The number of ether oxygens (including phenoxy) is 1. The number of aryl methyl sites for hydroxylation is 1. The Morgan fingerprint density at radius 2 is 2.04 bits per heavy atom. The Balaban J connectivity index is 1.63. The molecule has 0 aliphatic heterocycles. The molecule has 7 heteroatoms. The van der Waals surface area contributed by atoms with Gasteiger partial charge in [0.15, 0.2) is 0 Å². The highest BCUT2D eigenvalue weighted by atomic mass is 16.5. The van der Waals surface area contributed by atoms with Gasteiger partial charge >= 0.3 is 5.97 Å². The second kappa shape index (κ2) is 6.91. The summed E-state index contributed by atoms with van der Waals surface area (Å²) in [5, 5.41) is 2.68. The number of hydrogen-bond acceptors (Lipinski definition) is 5. The molecule has 0 aliphatic carbocycles. The van der Waals surface area contributed by atoms with Crippen LogP contribution in [0.2, 0.25) is 0 Å². The van der Waals surface area contributed by atoms with Crippen LogP contribution in [0.4, 0.5) is 5.82 Å². The summed E-state index contributed by atoms with van der Waals surface area (Å²) in [6.07, 6.45) is 3.43. The predicted molar refractivity (Wildman–Crippen MR) is 88.6 cm³/mol. The first-order valence-electron chi connectivity index (χ1n) is 7.41. The van der Waals surface area contributed by atoms with E-state index in [4.69, 9.17) is 0 Å². The molecule has 0 saturated heterocycles. The summed E-state index contributed by atoms with van der Waals surface area (Å²) in [5.74, 6) is -0.349. The van der Waals surface area contributed by atoms with Crippen molar-refractivity contribution in [3.63, 3.8) is 0 Å². The second-order valence-electron chi connectivity index (χ2n) is 5.15. The van der Waals surface area contributed by atoms with Gasteiger partial charge in [-0.05, 0) is 24.3 Å². The highest BCUT2D eigenvalue weighted by Gasteiger charge is 2.09. The zero-order chi connectivity index (χ0) is 16.9. The van der Waals surface area contributed by atoms with Crippen LogP contribution in [0.25, 0.3) is 11.0 Å². The van der Waals surface area contributed by atoms with Crippen molar-refractivity contribution in [3.8, 4) is 0 Å². The monoisotopic (exact) mass is 324 g/mol. The second-order valence-corrected chi connectivity index (χ2v) is 5.15. The fraction of sp³-hybridized carbons (Fsp3) is 0.176. The summed E-state index contributed by atoms with van der Waals surface area (Å²) >= 11 is 0. The van der Waals surface area contributed by atoms with Gasteiger partial charge in [-0.3, -0.25) is 4.79 Å². The normalized spacial score (nSPS) is 10.5. The van der Waals surface area contributed by atoms with Crippen molar-refractivity contribution in [1.82, 2.24) is 14.5 Å². The summed E-state index contributed by atoms with van der Waals surface area (Å²) in [4.78, 5) is 31.9. The van der Waals surface area contributed by atoms with Crippen LogP contribution in [-0.2, 0) is 16.1 Å². The average Bonchev–Trinajstić information content (AvgIpc) is 3.03. The van der Waals surface area contributed by atoms with Crippen LogP contribution in [0.15, 0.2) is 48.9 Å². The molecule has 2 heterocycles. The molecule has 122 valence electrons. The number of aromatic nitrogens is 3. The fourth-order valence-electron chi connectivity index (χ4n) is 2.36. The van der Waals surface area contributed by atoms with E-state index in [2.05, 4.69) is 20.0 Å². The molecule has 0 unspecified atom stereocenters. The third-order valence-corrected chi connectivity index (χ3v) is 3.56. The number of benzene rings is 1. The van der Waals surface area contributed by atoms with Crippen LogP contribution >= 0.6 is 0 Å². The van der Waals surface area contributed by atoms with E-state index in [9.17, 15) is 9.59 Å². The van der Waals surface area contributed by atoms with E-state index in [1.165, 1.54) is 25.4 Å². The predicted octanol–water partition coefficient (Wildman–Crippen LogP) is 2.25. The zero-order valence-corrected chi connectivity index (χ0v) is 13.1. The summed E-state index contributed by atoms with van der Waals surface area (Å²) in [6.45, 7) is 0.503. The third-order valence-electron chi connectivity index (χ3n) is 3.56.